The van der Waals surface area contributed by atoms with E-state index in [0.29, 0.717) is 19.0 Å². The van der Waals surface area contributed by atoms with Crippen molar-refractivity contribution in [3.8, 4) is 0 Å². The molecule has 2 aromatic rings. The first-order valence-corrected chi connectivity index (χ1v) is 9.52. The second kappa shape index (κ2) is 7.03. The number of thiophene rings is 1. The Balaban J connectivity index is 1.44. The first-order valence-electron chi connectivity index (χ1n) is 8.64. The second-order valence-electron chi connectivity index (χ2n) is 6.67. The molecular weight excluding hydrogens is 320 g/mol. The summed E-state index contributed by atoms with van der Waals surface area (Å²) in [4.78, 5) is 20.5. The summed E-state index contributed by atoms with van der Waals surface area (Å²) in [5.41, 5.74) is 1.18. The van der Waals surface area contributed by atoms with Crippen LogP contribution in [0.5, 0.6) is 0 Å². The highest BCUT2D eigenvalue weighted by Crippen LogP contribution is 2.48. The molecule has 2 aliphatic rings. The monoisotopic (exact) mass is 342 g/mol. The van der Waals surface area contributed by atoms with Crippen LogP contribution in [0.15, 0.2) is 42.0 Å². The van der Waals surface area contributed by atoms with E-state index in [1.54, 1.807) is 17.5 Å². The van der Waals surface area contributed by atoms with E-state index in [0.717, 1.165) is 25.9 Å². The number of rotatable bonds is 6. The topological polar surface area (TPSA) is 42.4 Å². The summed E-state index contributed by atoms with van der Waals surface area (Å²) < 4.78 is 5.76. The van der Waals surface area contributed by atoms with Gasteiger partial charge in [-0.1, -0.05) is 12.1 Å². The molecule has 4 nitrogen and oxygen atoms in total. The van der Waals surface area contributed by atoms with Crippen molar-refractivity contribution in [2.24, 2.45) is 5.92 Å². The van der Waals surface area contributed by atoms with Crippen molar-refractivity contribution in [2.75, 3.05) is 13.2 Å². The van der Waals surface area contributed by atoms with Gasteiger partial charge in [0.25, 0.3) is 0 Å². The molecule has 2 aromatic heterocycles. The molecule has 1 saturated carbocycles. The van der Waals surface area contributed by atoms with Crippen LogP contribution in [0.25, 0.3) is 0 Å². The molecule has 0 aromatic carbocycles. The van der Waals surface area contributed by atoms with Crippen molar-refractivity contribution in [2.45, 2.75) is 37.8 Å². The molecule has 1 amide bonds. The lowest BCUT2D eigenvalue weighted by Gasteiger charge is -2.25. The van der Waals surface area contributed by atoms with Crippen molar-refractivity contribution >= 4 is 17.2 Å². The molecule has 0 bridgehead atoms. The van der Waals surface area contributed by atoms with Gasteiger partial charge >= 0.3 is 0 Å². The highest BCUT2D eigenvalue weighted by atomic mass is 32.1. The summed E-state index contributed by atoms with van der Waals surface area (Å²) in [6.45, 7) is 2.24. The van der Waals surface area contributed by atoms with E-state index in [1.807, 2.05) is 23.2 Å². The molecule has 5 heteroatoms. The van der Waals surface area contributed by atoms with Gasteiger partial charge in [-0.05, 0) is 48.3 Å². The maximum absolute atomic E-state index is 13.1. The number of pyridine rings is 1. The molecule has 0 unspecified atom stereocenters. The van der Waals surface area contributed by atoms with Crippen LogP contribution in [-0.4, -0.2) is 35.0 Å². The summed E-state index contributed by atoms with van der Waals surface area (Å²) in [7, 11) is 0. The molecule has 1 aliphatic carbocycles. The largest absolute Gasteiger partial charge is 0.376 e. The molecule has 0 radical (unpaired) electrons. The first kappa shape index (κ1) is 15.8. The summed E-state index contributed by atoms with van der Waals surface area (Å²) in [6.07, 6.45) is 6.98. The molecule has 126 valence electrons. The predicted molar refractivity (Wildman–Crippen MR) is 93.8 cm³/mol. The van der Waals surface area contributed by atoms with Gasteiger partial charge in [0.05, 0.1) is 12.6 Å². The standard InChI is InChI=1S/C19H22N2O2S/c22-19(18-10-17(18)14-4-1-7-20-11-14)21(12-15-5-2-8-23-15)13-16-6-3-9-24-16/h1,3-4,6-7,9,11,15,17-18H,2,5,8,10,12-13H2/t15-,17+,18+/m0/s1. The van der Waals surface area contributed by atoms with Crippen LogP contribution in [0.2, 0.25) is 0 Å². The van der Waals surface area contributed by atoms with E-state index in [-0.39, 0.29) is 17.9 Å². The van der Waals surface area contributed by atoms with Gasteiger partial charge in [-0.25, -0.2) is 0 Å². The van der Waals surface area contributed by atoms with Crippen molar-refractivity contribution in [1.82, 2.24) is 9.88 Å². The van der Waals surface area contributed by atoms with Gasteiger partial charge in [0, 0.05) is 36.3 Å². The molecule has 24 heavy (non-hydrogen) atoms. The number of hydrogen-bond donors (Lipinski definition) is 0. The van der Waals surface area contributed by atoms with Crippen LogP contribution in [0, 0.1) is 5.92 Å². The number of carbonyl (C=O) groups excluding carboxylic acids is 1. The maximum atomic E-state index is 13.1. The maximum Gasteiger partial charge on any atom is 0.226 e. The van der Waals surface area contributed by atoms with Gasteiger partial charge in [-0.15, -0.1) is 11.3 Å². The smallest absolute Gasteiger partial charge is 0.226 e. The fourth-order valence-corrected chi connectivity index (χ4v) is 4.24. The van der Waals surface area contributed by atoms with E-state index in [1.165, 1.54) is 10.4 Å². The summed E-state index contributed by atoms with van der Waals surface area (Å²) >= 11 is 1.71. The molecule has 1 saturated heterocycles. The Hall–Kier alpha value is -1.72. The summed E-state index contributed by atoms with van der Waals surface area (Å²) in [5, 5.41) is 2.07. The Bertz CT molecular complexity index is 668. The van der Waals surface area contributed by atoms with Gasteiger partial charge in [0.1, 0.15) is 0 Å². The molecule has 4 rings (SSSR count). The van der Waals surface area contributed by atoms with Crippen molar-refractivity contribution < 1.29 is 9.53 Å². The second-order valence-corrected chi connectivity index (χ2v) is 7.70. The minimum atomic E-state index is 0.107. The third-order valence-corrected chi connectivity index (χ3v) is 5.77. The zero-order chi connectivity index (χ0) is 16.4. The fourth-order valence-electron chi connectivity index (χ4n) is 3.52. The number of ether oxygens (including phenoxy) is 1. The molecule has 2 fully saturated rings. The third-order valence-electron chi connectivity index (χ3n) is 4.91. The van der Waals surface area contributed by atoms with Crippen LogP contribution in [0.3, 0.4) is 0 Å². The van der Waals surface area contributed by atoms with E-state index in [9.17, 15) is 4.79 Å². The Kier molecular flexibility index (Phi) is 4.63. The quantitative estimate of drug-likeness (QED) is 0.807. The van der Waals surface area contributed by atoms with Gasteiger partial charge in [0.15, 0.2) is 0 Å². The number of hydrogen-bond acceptors (Lipinski definition) is 4. The molecule has 3 atom stereocenters. The SMILES string of the molecule is O=C([C@@H]1C[C@@H]1c1cccnc1)N(Cc1cccs1)C[C@@H]1CCCO1. The first-order chi connectivity index (χ1) is 11.8. The summed E-state index contributed by atoms with van der Waals surface area (Å²) in [5.74, 6) is 0.713. The van der Waals surface area contributed by atoms with Gasteiger partial charge in [-0.2, -0.15) is 0 Å². The highest BCUT2D eigenvalue weighted by molar-refractivity contribution is 7.09. The van der Waals surface area contributed by atoms with Crippen molar-refractivity contribution in [1.29, 1.82) is 0 Å². The fraction of sp³-hybridized carbons (Fsp3) is 0.474. The van der Waals surface area contributed by atoms with Crippen LogP contribution >= 0.6 is 11.3 Å². The van der Waals surface area contributed by atoms with Gasteiger partial charge in [0.2, 0.25) is 5.91 Å². The van der Waals surface area contributed by atoms with Crippen LogP contribution in [0.1, 0.15) is 35.6 Å². The number of carbonyl (C=O) groups is 1. The van der Waals surface area contributed by atoms with Crippen LogP contribution in [-0.2, 0) is 16.1 Å². The Morgan fingerprint density at radius 2 is 2.33 bits per heavy atom. The van der Waals surface area contributed by atoms with Crippen molar-refractivity contribution in [3.05, 3.63) is 52.5 Å². The van der Waals surface area contributed by atoms with Crippen molar-refractivity contribution in [3.63, 3.8) is 0 Å². The molecular formula is C19H22N2O2S. The molecule has 0 spiro atoms. The Labute approximate surface area is 146 Å². The average Bonchev–Trinajstić information content (AvgIpc) is 2.98. The van der Waals surface area contributed by atoms with Crippen LogP contribution < -0.4 is 0 Å². The average molecular weight is 342 g/mol. The van der Waals surface area contributed by atoms with E-state index in [2.05, 4.69) is 22.5 Å². The van der Waals surface area contributed by atoms with Crippen LogP contribution in [0.4, 0.5) is 0 Å². The lowest BCUT2D eigenvalue weighted by molar-refractivity contribution is -0.134. The summed E-state index contributed by atoms with van der Waals surface area (Å²) in [6, 6.07) is 8.18. The Morgan fingerprint density at radius 1 is 1.38 bits per heavy atom. The third kappa shape index (κ3) is 3.52. The lowest BCUT2D eigenvalue weighted by atomic mass is 10.1. The molecule has 3 heterocycles. The molecule has 0 N–H and O–H groups in total. The minimum Gasteiger partial charge on any atom is -0.376 e. The normalized spacial score (nSPS) is 25.6. The lowest BCUT2D eigenvalue weighted by Crippen LogP contribution is -2.37. The zero-order valence-corrected chi connectivity index (χ0v) is 14.5. The van der Waals surface area contributed by atoms with E-state index < -0.39 is 0 Å². The Morgan fingerprint density at radius 3 is 3.04 bits per heavy atom. The molecule has 1 aliphatic heterocycles. The zero-order valence-electron chi connectivity index (χ0n) is 13.6. The number of aromatic nitrogens is 1. The van der Waals surface area contributed by atoms with E-state index in [4.69, 9.17) is 4.74 Å². The highest BCUT2D eigenvalue weighted by Gasteiger charge is 2.46. The number of nitrogens with zero attached hydrogens (tertiary/aromatic N) is 2. The van der Waals surface area contributed by atoms with Gasteiger partial charge in [-0.3, -0.25) is 9.78 Å². The predicted octanol–water partition coefficient (Wildman–Crippen LogP) is 3.45. The minimum absolute atomic E-state index is 0.107. The van der Waals surface area contributed by atoms with Gasteiger partial charge < -0.3 is 9.64 Å². The van der Waals surface area contributed by atoms with E-state index >= 15 is 0 Å². The number of amides is 1.